The van der Waals surface area contributed by atoms with E-state index >= 15 is 0 Å². The molecular formula is C14H15N3O4. The summed E-state index contributed by atoms with van der Waals surface area (Å²) in [6, 6.07) is 8.05. The fourth-order valence-electron chi connectivity index (χ4n) is 1.75. The molecule has 1 heterocycles. The average molecular weight is 289 g/mol. The number of aliphatic carboxylic acids is 1. The van der Waals surface area contributed by atoms with E-state index in [9.17, 15) is 9.59 Å². The van der Waals surface area contributed by atoms with Gasteiger partial charge in [0.2, 0.25) is 5.89 Å². The van der Waals surface area contributed by atoms with Crippen LogP contribution in [0.2, 0.25) is 0 Å². The molecular weight excluding hydrogens is 274 g/mol. The van der Waals surface area contributed by atoms with Gasteiger partial charge in [0.25, 0.3) is 0 Å². The lowest BCUT2D eigenvalue weighted by Gasteiger charge is -2.20. The summed E-state index contributed by atoms with van der Waals surface area (Å²) >= 11 is 0. The zero-order chi connectivity index (χ0) is 15.2. The normalized spacial score (nSPS) is 10.1. The Labute approximate surface area is 121 Å². The smallest absolute Gasteiger partial charge is 0.323 e. The van der Waals surface area contributed by atoms with Crippen molar-refractivity contribution in [1.29, 1.82) is 0 Å². The van der Waals surface area contributed by atoms with Crippen LogP contribution in [0.1, 0.15) is 11.7 Å². The number of benzene rings is 1. The summed E-state index contributed by atoms with van der Waals surface area (Å²) in [4.78, 5) is 28.2. The number of nitrogens with zero attached hydrogens (tertiary/aromatic N) is 2. The van der Waals surface area contributed by atoms with E-state index in [1.165, 1.54) is 0 Å². The van der Waals surface area contributed by atoms with Crippen molar-refractivity contribution in [2.24, 2.45) is 0 Å². The maximum Gasteiger partial charge on any atom is 0.323 e. The van der Waals surface area contributed by atoms with E-state index in [-0.39, 0.29) is 6.54 Å². The third kappa shape index (κ3) is 4.07. The van der Waals surface area contributed by atoms with Gasteiger partial charge in [-0.3, -0.25) is 9.69 Å². The van der Waals surface area contributed by atoms with Gasteiger partial charge in [-0.1, -0.05) is 18.2 Å². The summed E-state index contributed by atoms with van der Waals surface area (Å²) in [5, 5.41) is 11.5. The Kier molecular flexibility index (Phi) is 4.55. The lowest BCUT2D eigenvalue weighted by Crippen LogP contribution is -2.42. The third-order valence-corrected chi connectivity index (χ3v) is 2.67. The first-order valence-electron chi connectivity index (χ1n) is 6.30. The number of aryl methyl sites for hydroxylation is 1. The second-order valence-corrected chi connectivity index (χ2v) is 4.34. The van der Waals surface area contributed by atoms with Crippen molar-refractivity contribution >= 4 is 17.7 Å². The molecule has 110 valence electrons. The number of hydrogen-bond donors (Lipinski definition) is 2. The number of carboxylic acid groups (broad SMARTS) is 1. The molecule has 0 aliphatic rings. The third-order valence-electron chi connectivity index (χ3n) is 2.67. The highest BCUT2D eigenvalue weighted by molar-refractivity contribution is 5.96. The molecule has 0 spiro atoms. The van der Waals surface area contributed by atoms with Crippen molar-refractivity contribution in [2.75, 3.05) is 11.4 Å². The zero-order valence-corrected chi connectivity index (χ0v) is 11.4. The molecule has 2 N–H and O–H groups in total. The molecule has 2 aromatic rings. The van der Waals surface area contributed by atoms with E-state index in [4.69, 9.17) is 9.52 Å². The Bertz CT molecular complexity index is 624. The van der Waals surface area contributed by atoms with E-state index in [2.05, 4.69) is 10.3 Å². The highest BCUT2D eigenvalue weighted by Crippen LogP contribution is 2.13. The monoisotopic (exact) mass is 289 g/mol. The first kappa shape index (κ1) is 14.6. The van der Waals surface area contributed by atoms with Crippen molar-refractivity contribution in [1.82, 2.24) is 10.3 Å². The number of hydrogen-bond acceptors (Lipinski definition) is 4. The Morgan fingerprint density at radius 3 is 2.62 bits per heavy atom. The molecule has 2 rings (SSSR count). The van der Waals surface area contributed by atoms with Crippen LogP contribution in [-0.4, -0.2) is 28.6 Å². The number of rotatable bonds is 5. The van der Waals surface area contributed by atoms with E-state index in [1.54, 1.807) is 43.5 Å². The number of aromatic nitrogens is 1. The summed E-state index contributed by atoms with van der Waals surface area (Å²) in [5.41, 5.74) is 0.501. The summed E-state index contributed by atoms with van der Waals surface area (Å²) < 4.78 is 5.24. The lowest BCUT2D eigenvalue weighted by molar-refractivity contribution is -0.135. The van der Waals surface area contributed by atoms with Gasteiger partial charge < -0.3 is 14.8 Å². The fraction of sp³-hybridized carbons (Fsp3) is 0.214. The van der Waals surface area contributed by atoms with Gasteiger partial charge in [-0.05, 0) is 19.1 Å². The summed E-state index contributed by atoms with van der Waals surface area (Å²) in [7, 11) is 0. The molecule has 1 aromatic heterocycles. The number of carbonyl (C=O) groups is 2. The molecule has 0 aliphatic heterocycles. The second-order valence-electron chi connectivity index (χ2n) is 4.34. The van der Waals surface area contributed by atoms with Crippen molar-refractivity contribution in [3.8, 4) is 0 Å². The molecule has 0 saturated carbocycles. The lowest BCUT2D eigenvalue weighted by atomic mass is 10.3. The van der Waals surface area contributed by atoms with Gasteiger partial charge in [0.15, 0.2) is 0 Å². The number of carboxylic acids is 1. The van der Waals surface area contributed by atoms with Crippen molar-refractivity contribution < 1.29 is 19.1 Å². The number of carbonyl (C=O) groups excluding carboxylic acids is 1. The quantitative estimate of drug-likeness (QED) is 0.874. The highest BCUT2D eigenvalue weighted by atomic mass is 16.4. The van der Waals surface area contributed by atoms with Gasteiger partial charge in [0.05, 0.1) is 12.7 Å². The topological polar surface area (TPSA) is 95.7 Å². The SMILES string of the molecule is Cc1cnc(CNC(=O)N(CC(=O)O)c2ccccc2)o1. The molecule has 0 bridgehead atoms. The molecule has 7 heteroatoms. The van der Waals surface area contributed by atoms with Gasteiger partial charge >= 0.3 is 12.0 Å². The second kappa shape index (κ2) is 6.56. The fourth-order valence-corrected chi connectivity index (χ4v) is 1.75. The van der Waals surface area contributed by atoms with Gasteiger partial charge in [0.1, 0.15) is 12.3 Å². The van der Waals surface area contributed by atoms with E-state index in [1.807, 2.05) is 0 Å². The molecule has 0 aliphatic carbocycles. The molecule has 0 radical (unpaired) electrons. The molecule has 0 atom stereocenters. The molecule has 7 nitrogen and oxygen atoms in total. The highest BCUT2D eigenvalue weighted by Gasteiger charge is 2.18. The number of anilines is 1. The first-order chi connectivity index (χ1) is 10.1. The molecule has 0 unspecified atom stereocenters. The van der Waals surface area contributed by atoms with Crippen LogP contribution >= 0.6 is 0 Å². The van der Waals surface area contributed by atoms with Crippen LogP contribution in [0.5, 0.6) is 0 Å². The maximum atomic E-state index is 12.1. The first-order valence-corrected chi connectivity index (χ1v) is 6.30. The van der Waals surface area contributed by atoms with Crippen LogP contribution in [-0.2, 0) is 11.3 Å². The summed E-state index contributed by atoms with van der Waals surface area (Å²) in [5.74, 6) is -0.0881. The largest absolute Gasteiger partial charge is 0.480 e. The van der Waals surface area contributed by atoms with E-state index < -0.39 is 18.5 Å². The summed E-state index contributed by atoms with van der Waals surface area (Å²) in [6.45, 7) is 1.41. The van der Waals surface area contributed by atoms with Gasteiger partial charge in [-0.25, -0.2) is 9.78 Å². The Balaban J connectivity index is 2.05. The minimum Gasteiger partial charge on any atom is -0.480 e. The number of amides is 2. The molecule has 0 saturated heterocycles. The molecule has 2 amide bonds. The molecule has 1 aromatic carbocycles. The standard InChI is InChI=1S/C14H15N3O4/c1-10-7-15-12(21-10)8-16-14(20)17(9-13(18)19)11-5-3-2-4-6-11/h2-7H,8-9H2,1H3,(H,16,20)(H,18,19). The van der Waals surface area contributed by atoms with Gasteiger partial charge in [-0.15, -0.1) is 0 Å². The number of nitrogens with one attached hydrogen (secondary N) is 1. The Morgan fingerprint density at radius 2 is 2.05 bits per heavy atom. The Morgan fingerprint density at radius 1 is 1.33 bits per heavy atom. The van der Waals surface area contributed by atoms with Crippen LogP contribution in [0.4, 0.5) is 10.5 Å². The van der Waals surface area contributed by atoms with Crippen LogP contribution in [0, 0.1) is 6.92 Å². The van der Waals surface area contributed by atoms with Crippen LogP contribution < -0.4 is 10.2 Å². The van der Waals surface area contributed by atoms with Crippen molar-refractivity contribution in [3.63, 3.8) is 0 Å². The zero-order valence-electron chi connectivity index (χ0n) is 11.4. The number of para-hydroxylation sites is 1. The van der Waals surface area contributed by atoms with E-state index in [0.29, 0.717) is 17.3 Å². The number of urea groups is 1. The minimum absolute atomic E-state index is 0.0929. The predicted octanol–water partition coefficient (Wildman–Crippen LogP) is 1.78. The van der Waals surface area contributed by atoms with Crippen molar-refractivity contribution in [3.05, 3.63) is 48.2 Å². The average Bonchev–Trinajstić information content (AvgIpc) is 2.88. The Hall–Kier alpha value is -2.83. The minimum atomic E-state index is -1.10. The van der Waals surface area contributed by atoms with Crippen LogP contribution in [0.25, 0.3) is 0 Å². The van der Waals surface area contributed by atoms with Crippen LogP contribution in [0.3, 0.4) is 0 Å². The van der Waals surface area contributed by atoms with E-state index in [0.717, 1.165) is 4.90 Å². The predicted molar refractivity (Wildman–Crippen MR) is 74.9 cm³/mol. The molecule has 0 fully saturated rings. The molecule has 21 heavy (non-hydrogen) atoms. The summed E-state index contributed by atoms with van der Waals surface area (Å²) in [6.07, 6.45) is 1.55. The van der Waals surface area contributed by atoms with Crippen molar-refractivity contribution in [2.45, 2.75) is 13.5 Å². The maximum absolute atomic E-state index is 12.1. The van der Waals surface area contributed by atoms with Gasteiger partial charge in [-0.2, -0.15) is 0 Å². The number of oxazole rings is 1. The van der Waals surface area contributed by atoms with Gasteiger partial charge in [0, 0.05) is 5.69 Å². The van der Waals surface area contributed by atoms with Crippen LogP contribution in [0.15, 0.2) is 40.9 Å².